The highest BCUT2D eigenvalue weighted by Gasteiger charge is 2.42. The molecule has 0 amide bonds. The molecule has 0 saturated heterocycles. The Kier molecular flexibility index (Phi) is 5.45. The topological polar surface area (TPSA) is 9.23 Å². The molecule has 0 radical (unpaired) electrons. The van der Waals surface area contributed by atoms with Crippen LogP contribution in [0.1, 0.15) is 92.9 Å². The van der Waals surface area contributed by atoms with Crippen molar-refractivity contribution in [2.75, 3.05) is 0 Å². The molecule has 124 valence electrons. The Balaban J connectivity index is 1.99. The Bertz CT molecular complexity index is 287. The van der Waals surface area contributed by atoms with E-state index in [4.69, 9.17) is 4.74 Å². The summed E-state index contributed by atoms with van der Waals surface area (Å²) in [6, 6.07) is 0. The summed E-state index contributed by atoms with van der Waals surface area (Å²) < 4.78 is 6.77. The second kappa shape index (κ2) is 6.60. The van der Waals surface area contributed by atoms with Crippen molar-refractivity contribution < 1.29 is 4.74 Å². The molecule has 0 aromatic heterocycles. The van der Waals surface area contributed by atoms with Crippen molar-refractivity contribution in [2.45, 2.75) is 104 Å². The van der Waals surface area contributed by atoms with Gasteiger partial charge in [0, 0.05) is 0 Å². The van der Waals surface area contributed by atoms with Gasteiger partial charge in [0.1, 0.15) is 0 Å². The molecule has 1 heteroatoms. The predicted molar refractivity (Wildman–Crippen MR) is 91.5 cm³/mol. The van der Waals surface area contributed by atoms with E-state index in [1.165, 1.54) is 51.4 Å². The van der Waals surface area contributed by atoms with Gasteiger partial charge in [0.15, 0.2) is 0 Å². The first-order valence-electron chi connectivity index (χ1n) is 9.44. The third kappa shape index (κ3) is 4.03. The highest BCUT2D eigenvalue weighted by molar-refractivity contribution is 4.91. The Hall–Kier alpha value is -0.0400. The van der Waals surface area contributed by atoms with Crippen LogP contribution in [0.3, 0.4) is 0 Å². The molecule has 2 atom stereocenters. The van der Waals surface area contributed by atoms with E-state index in [9.17, 15) is 0 Å². The smallest absolute Gasteiger partial charge is 0.0661 e. The average molecular weight is 295 g/mol. The largest absolute Gasteiger partial charge is 0.369 e. The van der Waals surface area contributed by atoms with Crippen molar-refractivity contribution in [3.63, 3.8) is 0 Å². The normalized spacial score (nSPS) is 25.4. The Morgan fingerprint density at radius 1 is 0.667 bits per heavy atom. The van der Waals surface area contributed by atoms with Crippen LogP contribution in [0.4, 0.5) is 0 Å². The van der Waals surface area contributed by atoms with Gasteiger partial charge in [0.25, 0.3) is 0 Å². The fourth-order valence-electron chi connectivity index (χ4n) is 4.91. The molecule has 0 bridgehead atoms. The van der Waals surface area contributed by atoms with E-state index in [0.29, 0.717) is 11.8 Å². The molecule has 0 aliphatic heterocycles. The van der Waals surface area contributed by atoms with Crippen molar-refractivity contribution in [2.24, 2.45) is 23.7 Å². The first-order chi connectivity index (χ1) is 9.74. The van der Waals surface area contributed by atoms with E-state index in [2.05, 4.69) is 41.5 Å². The minimum atomic E-state index is -0.00856. The molecule has 0 heterocycles. The molecule has 0 aromatic carbocycles. The zero-order chi connectivity index (χ0) is 15.7. The molecule has 2 unspecified atom stereocenters. The van der Waals surface area contributed by atoms with E-state index in [-0.39, 0.29) is 11.2 Å². The number of hydrogen-bond donors (Lipinski definition) is 0. The second-order valence-corrected chi connectivity index (χ2v) is 8.98. The third-order valence-electron chi connectivity index (χ3n) is 6.93. The SMILES string of the molecule is CC(C1CCCC1)C(C)(C)OC(C)(C)C(C)C1CCCC1. The fraction of sp³-hybridized carbons (Fsp3) is 1.00. The van der Waals surface area contributed by atoms with Gasteiger partial charge in [-0.25, -0.2) is 0 Å². The van der Waals surface area contributed by atoms with E-state index in [0.717, 1.165) is 11.8 Å². The molecular weight excluding hydrogens is 256 g/mol. The zero-order valence-corrected chi connectivity index (χ0v) is 15.4. The van der Waals surface area contributed by atoms with E-state index >= 15 is 0 Å². The van der Waals surface area contributed by atoms with Gasteiger partial charge in [-0.3, -0.25) is 0 Å². The van der Waals surface area contributed by atoms with Gasteiger partial charge in [-0.1, -0.05) is 65.2 Å². The quantitative estimate of drug-likeness (QED) is 0.565. The van der Waals surface area contributed by atoms with Gasteiger partial charge >= 0.3 is 0 Å². The lowest BCUT2D eigenvalue weighted by atomic mass is 9.77. The van der Waals surface area contributed by atoms with E-state index in [1.807, 2.05) is 0 Å². The van der Waals surface area contributed by atoms with Crippen LogP contribution in [0, 0.1) is 23.7 Å². The molecule has 2 aliphatic carbocycles. The van der Waals surface area contributed by atoms with Crippen molar-refractivity contribution in [1.82, 2.24) is 0 Å². The van der Waals surface area contributed by atoms with Gasteiger partial charge in [-0.05, 0) is 51.4 Å². The molecule has 2 aliphatic rings. The maximum atomic E-state index is 6.77. The van der Waals surface area contributed by atoms with Gasteiger partial charge in [0.05, 0.1) is 11.2 Å². The minimum Gasteiger partial charge on any atom is -0.369 e. The van der Waals surface area contributed by atoms with E-state index < -0.39 is 0 Å². The molecular formula is C20H38O. The van der Waals surface area contributed by atoms with E-state index in [1.54, 1.807) is 0 Å². The lowest BCUT2D eigenvalue weighted by Gasteiger charge is -2.46. The summed E-state index contributed by atoms with van der Waals surface area (Å²) in [5.74, 6) is 3.07. The summed E-state index contributed by atoms with van der Waals surface area (Å²) in [4.78, 5) is 0. The van der Waals surface area contributed by atoms with Crippen LogP contribution in [0.15, 0.2) is 0 Å². The molecule has 2 fully saturated rings. The first-order valence-corrected chi connectivity index (χ1v) is 9.44. The lowest BCUT2D eigenvalue weighted by molar-refractivity contribution is -0.182. The standard InChI is InChI=1S/C20H38O/c1-15(17-11-7-8-12-17)19(3,4)21-20(5,6)16(2)18-13-9-10-14-18/h15-18H,7-14H2,1-6H3. The fourth-order valence-corrected chi connectivity index (χ4v) is 4.91. The van der Waals surface area contributed by atoms with Gasteiger partial charge in [-0.2, -0.15) is 0 Å². The molecule has 0 spiro atoms. The lowest BCUT2D eigenvalue weighted by Crippen LogP contribution is -2.47. The van der Waals surface area contributed by atoms with Crippen LogP contribution in [-0.2, 0) is 4.74 Å². The van der Waals surface area contributed by atoms with Crippen molar-refractivity contribution >= 4 is 0 Å². The van der Waals surface area contributed by atoms with Crippen molar-refractivity contribution in [3.05, 3.63) is 0 Å². The maximum absolute atomic E-state index is 6.77. The zero-order valence-electron chi connectivity index (χ0n) is 15.4. The highest BCUT2D eigenvalue weighted by atomic mass is 16.5. The summed E-state index contributed by atoms with van der Waals surface area (Å²) in [6.07, 6.45) is 11.3. The van der Waals surface area contributed by atoms with Gasteiger partial charge < -0.3 is 4.74 Å². The average Bonchev–Trinajstić information content (AvgIpc) is 3.08. The third-order valence-corrected chi connectivity index (χ3v) is 6.93. The Labute approximate surface area is 133 Å². The van der Waals surface area contributed by atoms with Crippen molar-refractivity contribution in [1.29, 1.82) is 0 Å². The molecule has 2 saturated carbocycles. The summed E-state index contributed by atoms with van der Waals surface area (Å²) in [5.41, 5.74) is -0.0171. The molecule has 2 rings (SSSR count). The number of ether oxygens (including phenoxy) is 1. The van der Waals surface area contributed by atoms with Crippen LogP contribution in [-0.4, -0.2) is 11.2 Å². The maximum Gasteiger partial charge on any atom is 0.0661 e. The number of hydrogen-bond acceptors (Lipinski definition) is 1. The second-order valence-electron chi connectivity index (χ2n) is 8.98. The Morgan fingerprint density at radius 3 is 1.24 bits per heavy atom. The monoisotopic (exact) mass is 294 g/mol. The van der Waals surface area contributed by atoms with Crippen LogP contribution in [0.5, 0.6) is 0 Å². The van der Waals surface area contributed by atoms with Gasteiger partial charge in [-0.15, -0.1) is 0 Å². The van der Waals surface area contributed by atoms with Crippen molar-refractivity contribution in [3.8, 4) is 0 Å². The molecule has 0 N–H and O–H groups in total. The van der Waals surface area contributed by atoms with Crippen LogP contribution in [0.2, 0.25) is 0 Å². The number of rotatable bonds is 6. The van der Waals surface area contributed by atoms with Crippen LogP contribution < -0.4 is 0 Å². The highest BCUT2D eigenvalue weighted by Crippen LogP contribution is 2.44. The molecule has 21 heavy (non-hydrogen) atoms. The Morgan fingerprint density at radius 2 is 0.952 bits per heavy atom. The first kappa shape index (κ1) is 17.3. The summed E-state index contributed by atoms with van der Waals surface area (Å²) in [7, 11) is 0. The summed E-state index contributed by atoms with van der Waals surface area (Å²) in [6.45, 7) is 14.2. The van der Waals surface area contributed by atoms with Crippen LogP contribution >= 0.6 is 0 Å². The minimum absolute atomic E-state index is 0.00856. The summed E-state index contributed by atoms with van der Waals surface area (Å²) >= 11 is 0. The predicted octanol–water partition coefficient (Wildman–Crippen LogP) is 6.21. The van der Waals surface area contributed by atoms with Gasteiger partial charge in [0.2, 0.25) is 0 Å². The molecule has 0 aromatic rings. The molecule has 1 nitrogen and oxygen atoms in total. The summed E-state index contributed by atoms with van der Waals surface area (Å²) in [5, 5.41) is 0. The van der Waals surface area contributed by atoms with Crippen LogP contribution in [0.25, 0.3) is 0 Å².